The summed E-state index contributed by atoms with van der Waals surface area (Å²) in [6.07, 6.45) is 3.69. The predicted octanol–water partition coefficient (Wildman–Crippen LogP) is 1.16. The summed E-state index contributed by atoms with van der Waals surface area (Å²) in [6, 6.07) is 3.89. The first-order valence-corrected chi connectivity index (χ1v) is 4.73. The van der Waals surface area contributed by atoms with Gasteiger partial charge in [0.25, 0.3) is 0 Å². The Morgan fingerprint density at radius 1 is 1.36 bits per heavy atom. The number of hydrogen-bond acceptors (Lipinski definition) is 1. The second-order valence-electron chi connectivity index (χ2n) is 4.34. The summed E-state index contributed by atoms with van der Waals surface area (Å²) < 4.78 is 0. The van der Waals surface area contributed by atoms with Crippen LogP contribution >= 0.6 is 0 Å². The third-order valence-electron chi connectivity index (χ3n) is 1.92. The van der Waals surface area contributed by atoms with Crippen LogP contribution in [-0.4, -0.2) is 5.91 Å². The molecular formula is C11H17N2O+. The lowest BCUT2D eigenvalue weighted by Crippen LogP contribution is -2.34. The zero-order chi connectivity index (χ0) is 10.6. The fourth-order valence-electron chi connectivity index (χ4n) is 0.987. The van der Waals surface area contributed by atoms with Gasteiger partial charge in [-0.25, -0.2) is 4.98 Å². The molecule has 0 atom stereocenters. The normalized spacial score (nSPS) is 11.1. The van der Waals surface area contributed by atoms with Crippen LogP contribution in [0.1, 0.15) is 26.3 Å². The van der Waals surface area contributed by atoms with Crippen molar-refractivity contribution >= 4 is 5.91 Å². The molecule has 2 N–H and O–H groups in total. The van der Waals surface area contributed by atoms with Gasteiger partial charge in [-0.3, -0.25) is 4.79 Å². The van der Waals surface area contributed by atoms with E-state index in [1.165, 1.54) is 0 Å². The lowest BCUT2D eigenvalue weighted by atomic mass is 9.95. The molecule has 3 heteroatoms. The number of hydrogen-bond donors (Lipinski definition) is 1. The van der Waals surface area contributed by atoms with Crippen molar-refractivity contribution in [2.45, 2.75) is 27.3 Å². The van der Waals surface area contributed by atoms with Crippen LogP contribution in [0.4, 0.5) is 0 Å². The number of carbonyl (C=O) groups excluding carboxylic acids is 1. The van der Waals surface area contributed by atoms with Crippen molar-refractivity contribution in [1.82, 2.24) is 5.32 Å². The van der Waals surface area contributed by atoms with Crippen molar-refractivity contribution in [3.05, 3.63) is 30.1 Å². The summed E-state index contributed by atoms with van der Waals surface area (Å²) in [5, 5.41) is 2.89. The Bertz CT molecular complexity index is 301. The lowest BCUT2D eigenvalue weighted by molar-refractivity contribution is -0.378. The van der Waals surface area contributed by atoms with Gasteiger partial charge in [-0.1, -0.05) is 20.8 Å². The molecule has 0 fully saturated rings. The Kier molecular flexibility index (Phi) is 3.23. The number of H-pyrrole nitrogens is 1. The predicted molar refractivity (Wildman–Crippen MR) is 54.3 cm³/mol. The summed E-state index contributed by atoms with van der Waals surface area (Å²) in [7, 11) is 0. The second-order valence-corrected chi connectivity index (χ2v) is 4.34. The van der Waals surface area contributed by atoms with Gasteiger partial charge in [-0.15, -0.1) is 0 Å². The molecule has 1 aromatic rings. The van der Waals surface area contributed by atoms with E-state index < -0.39 is 0 Å². The highest BCUT2D eigenvalue weighted by atomic mass is 16.2. The molecule has 3 nitrogen and oxygen atoms in total. The largest absolute Gasteiger partial charge is 0.352 e. The quantitative estimate of drug-likeness (QED) is 0.752. The molecule has 1 aromatic heterocycles. The van der Waals surface area contributed by atoms with Gasteiger partial charge in [0.2, 0.25) is 5.91 Å². The summed E-state index contributed by atoms with van der Waals surface area (Å²) >= 11 is 0. The maximum Gasteiger partial charge on any atom is 0.225 e. The molecule has 0 bridgehead atoms. The topological polar surface area (TPSA) is 43.2 Å². The van der Waals surface area contributed by atoms with Crippen molar-refractivity contribution in [3.8, 4) is 0 Å². The van der Waals surface area contributed by atoms with Crippen LogP contribution in [0.15, 0.2) is 24.5 Å². The first-order chi connectivity index (χ1) is 6.50. The summed E-state index contributed by atoms with van der Waals surface area (Å²) in [6.45, 7) is 6.30. The highest BCUT2D eigenvalue weighted by molar-refractivity contribution is 5.81. The fraction of sp³-hybridized carbons (Fsp3) is 0.455. The lowest BCUT2D eigenvalue weighted by Gasteiger charge is -2.17. The first-order valence-electron chi connectivity index (χ1n) is 4.73. The van der Waals surface area contributed by atoms with Gasteiger partial charge in [0, 0.05) is 24.1 Å². The zero-order valence-electron chi connectivity index (χ0n) is 8.92. The van der Waals surface area contributed by atoms with Crippen LogP contribution < -0.4 is 10.3 Å². The molecule has 1 amide bonds. The van der Waals surface area contributed by atoms with Crippen molar-refractivity contribution in [3.63, 3.8) is 0 Å². The molecule has 0 aliphatic rings. The van der Waals surface area contributed by atoms with Gasteiger partial charge < -0.3 is 5.32 Å². The number of pyridine rings is 1. The van der Waals surface area contributed by atoms with Gasteiger partial charge in [0.05, 0.1) is 0 Å². The smallest absolute Gasteiger partial charge is 0.225 e. The molecule has 1 heterocycles. The molecule has 1 rings (SSSR count). The van der Waals surface area contributed by atoms with Crippen LogP contribution in [0.2, 0.25) is 0 Å². The van der Waals surface area contributed by atoms with Crippen LogP contribution in [0.3, 0.4) is 0 Å². The molecule has 0 aromatic carbocycles. The maximum atomic E-state index is 11.5. The molecule has 0 aliphatic heterocycles. The number of amides is 1. The van der Waals surface area contributed by atoms with E-state index in [-0.39, 0.29) is 11.3 Å². The van der Waals surface area contributed by atoms with E-state index >= 15 is 0 Å². The third kappa shape index (κ3) is 3.17. The molecule has 0 saturated carbocycles. The van der Waals surface area contributed by atoms with Crippen LogP contribution in [-0.2, 0) is 11.3 Å². The average molecular weight is 193 g/mol. The average Bonchev–Trinajstić information content (AvgIpc) is 2.14. The highest BCUT2D eigenvalue weighted by Crippen LogP contribution is 2.12. The second kappa shape index (κ2) is 4.22. The van der Waals surface area contributed by atoms with Gasteiger partial charge in [0.15, 0.2) is 12.4 Å². The Labute approximate surface area is 84.6 Å². The van der Waals surface area contributed by atoms with Gasteiger partial charge in [-0.2, -0.15) is 0 Å². The summed E-state index contributed by atoms with van der Waals surface area (Å²) in [5.74, 6) is 0.0744. The zero-order valence-corrected chi connectivity index (χ0v) is 8.92. The summed E-state index contributed by atoms with van der Waals surface area (Å²) in [4.78, 5) is 14.5. The van der Waals surface area contributed by atoms with Gasteiger partial charge >= 0.3 is 0 Å². The first kappa shape index (κ1) is 10.7. The number of aromatic amines is 1. The van der Waals surface area contributed by atoms with Crippen molar-refractivity contribution in [1.29, 1.82) is 0 Å². The van der Waals surface area contributed by atoms with Crippen molar-refractivity contribution in [2.75, 3.05) is 0 Å². The van der Waals surface area contributed by atoms with Crippen LogP contribution in [0.25, 0.3) is 0 Å². The molecule has 0 radical (unpaired) electrons. The van der Waals surface area contributed by atoms with E-state index in [1.807, 2.05) is 45.3 Å². The molecule has 0 unspecified atom stereocenters. The van der Waals surface area contributed by atoms with E-state index in [9.17, 15) is 4.79 Å². The molecule has 14 heavy (non-hydrogen) atoms. The van der Waals surface area contributed by atoms with Gasteiger partial charge in [0.1, 0.15) is 0 Å². The number of carbonyl (C=O) groups is 1. The fourth-order valence-corrected chi connectivity index (χ4v) is 0.987. The third-order valence-corrected chi connectivity index (χ3v) is 1.92. The minimum Gasteiger partial charge on any atom is -0.352 e. The molecular weight excluding hydrogens is 176 g/mol. The highest BCUT2D eigenvalue weighted by Gasteiger charge is 2.20. The minimum absolute atomic E-state index is 0.0744. The standard InChI is InChI=1S/C11H16N2O/c1-11(2,3)10(14)13-8-9-4-6-12-7-5-9/h4-7H,8H2,1-3H3,(H,13,14)/p+1. The van der Waals surface area contributed by atoms with Crippen molar-refractivity contribution < 1.29 is 9.78 Å². The maximum absolute atomic E-state index is 11.5. The Morgan fingerprint density at radius 2 is 1.93 bits per heavy atom. The Balaban J connectivity index is 2.46. The Morgan fingerprint density at radius 3 is 2.43 bits per heavy atom. The monoisotopic (exact) mass is 193 g/mol. The number of rotatable bonds is 2. The SMILES string of the molecule is CC(C)(C)C(=O)NCc1cc[nH+]cc1. The summed E-state index contributed by atoms with van der Waals surface area (Å²) in [5.41, 5.74) is 0.780. The number of aromatic nitrogens is 1. The molecule has 0 saturated heterocycles. The van der Waals surface area contributed by atoms with E-state index in [2.05, 4.69) is 10.3 Å². The van der Waals surface area contributed by atoms with E-state index in [4.69, 9.17) is 0 Å². The molecule has 0 spiro atoms. The molecule has 0 aliphatic carbocycles. The molecule has 76 valence electrons. The van der Waals surface area contributed by atoms with E-state index in [0.717, 1.165) is 5.56 Å². The number of nitrogens with one attached hydrogen (secondary N) is 2. The van der Waals surface area contributed by atoms with Crippen molar-refractivity contribution in [2.24, 2.45) is 5.41 Å². The van der Waals surface area contributed by atoms with E-state index in [0.29, 0.717) is 6.54 Å². The Hall–Kier alpha value is -1.38. The van der Waals surface area contributed by atoms with E-state index in [1.54, 1.807) is 0 Å². The van der Waals surface area contributed by atoms with Crippen LogP contribution in [0, 0.1) is 5.41 Å². The van der Waals surface area contributed by atoms with Gasteiger partial charge in [-0.05, 0) is 5.56 Å². The van der Waals surface area contributed by atoms with Crippen LogP contribution in [0.5, 0.6) is 0 Å². The minimum atomic E-state index is -0.319.